The maximum absolute atomic E-state index is 5.62. The minimum absolute atomic E-state index is 0.503. The number of nitrogens with zero attached hydrogens (tertiary/aromatic N) is 2. The van der Waals surface area contributed by atoms with Gasteiger partial charge in [0, 0.05) is 36.5 Å². The van der Waals surface area contributed by atoms with Gasteiger partial charge in [-0.05, 0) is 20.8 Å². The van der Waals surface area contributed by atoms with Crippen LogP contribution in [0.15, 0.2) is 0 Å². The Morgan fingerprint density at radius 2 is 1.80 bits per heavy atom. The Bertz CT molecular complexity index is 303. The lowest BCUT2D eigenvalue weighted by Crippen LogP contribution is -2.10. The van der Waals surface area contributed by atoms with E-state index in [9.17, 15) is 0 Å². The van der Waals surface area contributed by atoms with E-state index in [1.165, 1.54) is 0 Å². The fraction of sp³-hybridized carbons (Fsp3) is 0.636. The van der Waals surface area contributed by atoms with Crippen LogP contribution in [-0.2, 0) is 17.7 Å². The molecule has 0 amide bonds. The summed E-state index contributed by atoms with van der Waals surface area (Å²) in [5, 5.41) is 0. The van der Waals surface area contributed by atoms with Crippen LogP contribution in [-0.4, -0.2) is 23.2 Å². The molecule has 0 aromatic carbocycles. The topological polar surface area (TPSA) is 61.0 Å². The number of aromatic nitrogens is 2. The van der Waals surface area contributed by atoms with E-state index in [1.54, 1.807) is 0 Å². The average molecular weight is 209 g/mol. The summed E-state index contributed by atoms with van der Waals surface area (Å²) in [6.45, 7) is 7.84. The van der Waals surface area contributed by atoms with Crippen molar-refractivity contribution in [1.82, 2.24) is 9.97 Å². The van der Waals surface area contributed by atoms with Crippen LogP contribution in [0.4, 0.5) is 0 Å². The van der Waals surface area contributed by atoms with E-state index in [1.807, 2.05) is 20.8 Å². The van der Waals surface area contributed by atoms with Gasteiger partial charge in [-0.1, -0.05) is 0 Å². The lowest BCUT2D eigenvalue weighted by atomic mass is 10.1. The summed E-state index contributed by atoms with van der Waals surface area (Å²) < 4.78 is 5.27. The molecule has 0 spiro atoms. The highest BCUT2D eigenvalue weighted by Gasteiger charge is 2.06. The van der Waals surface area contributed by atoms with E-state index in [0.29, 0.717) is 13.2 Å². The van der Waals surface area contributed by atoms with E-state index in [4.69, 9.17) is 10.5 Å². The van der Waals surface area contributed by atoms with Gasteiger partial charge in [-0.2, -0.15) is 0 Å². The molecule has 0 aliphatic carbocycles. The monoisotopic (exact) mass is 209 g/mol. The van der Waals surface area contributed by atoms with Crippen molar-refractivity contribution in [2.45, 2.75) is 33.7 Å². The summed E-state index contributed by atoms with van der Waals surface area (Å²) in [4.78, 5) is 8.81. The van der Waals surface area contributed by atoms with E-state index >= 15 is 0 Å². The summed E-state index contributed by atoms with van der Waals surface area (Å²) in [6, 6.07) is 0. The maximum Gasteiger partial charge on any atom is 0.131 e. The largest absolute Gasteiger partial charge is 0.381 e. The molecule has 15 heavy (non-hydrogen) atoms. The van der Waals surface area contributed by atoms with Gasteiger partial charge in [-0.25, -0.2) is 9.97 Å². The molecule has 4 heteroatoms. The Hall–Kier alpha value is -1.00. The first-order chi connectivity index (χ1) is 7.19. The second-order valence-corrected chi connectivity index (χ2v) is 3.44. The van der Waals surface area contributed by atoms with Gasteiger partial charge in [-0.15, -0.1) is 0 Å². The molecule has 1 aromatic heterocycles. The third kappa shape index (κ3) is 3.25. The summed E-state index contributed by atoms with van der Waals surface area (Å²) in [5.74, 6) is 0.843. The van der Waals surface area contributed by atoms with Crippen molar-refractivity contribution in [3.8, 4) is 0 Å². The van der Waals surface area contributed by atoms with Gasteiger partial charge in [0.25, 0.3) is 0 Å². The number of ether oxygens (including phenoxy) is 1. The van der Waals surface area contributed by atoms with Crippen molar-refractivity contribution < 1.29 is 4.74 Å². The van der Waals surface area contributed by atoms with Crippen molar-refractivity contribution in [2.75, 3.05) is 13.2 Å². The van der Waals surface area contributed by atoms with Crippen LogP contribution in [0.1, 0.15) is 29.7 Å². The van der Waals surface area contributed by atoms with Gasteiger partial charge in [0.2, 0.25) is 0 Å². The van der Waals surface area contributed by atoms with Crippen LogP contribution in [0.3, 0.4) is 0 Å². The number of nitrogens with two attached hydrogens (primary N) is 1. The predicted octanol–water partition coefficient (Wildman–Crippen LogP) is 1.13. The normalized spacial score (nSPS) is 10.7. The Balaban J connectivity index is 2.75. The molecule has 2 N–H and O–H groups in total. The zero-order chi connectivity index (χ0) is 11.3. The maximum atomic E-state index is 5.62. The molecule has 1 rings (SSSR count). The van der Waals surface area contributed by atoms with E-state index in [-0.39, 0.29) is 0 Å². The second kappa shape index (κ2) is 5.78. The SMILES string of the molecule is CCOCCc1nc(C)c(CN)c(C)n1. The van der Waals surface area contributed by atoms with Crippen LogP contribution >= 0.6 is 0 Å². The second-order valence-electron chi connectivity index (χ2n) is 3.44. The third-order valence-corrected chi connectivity index (χ3v) is 2.35. The van der Waals surface area contributed by atoms with Crippen molar-refractivity contribution >= 4 is 0 Å². The summed E-state index contributed by atoms with van der Waals surface area (Å²) >= 11 is 0. The molecule has 0 radical (unpaired) electrons. The Kier molecular flexibility index (Phi) is 4.65. The first-order valence-electron chi connectivity index (χ1n) is 5.29. The van der Waals surface area contributed by atoms with Gasteiger partial charge in [0.05, 0.1) is 6.61 Å². The standard InChI is InChI=1S/C11H19N3O/c1-4-15-6-5-11-13-8(2)10(7-12)9(3)14-11/h4-7,12H2,1-3H3. The van der Waals surface area contributed by atoms with Crippen molar-refractivity contribution in [3.63, 3.8) is 0 Å². The molecule has 0 fully saturated rings. The zero-order valence-electron chi connectivity index (χ0n) is 9.71. The van der Waals surface area contributed by atoms with Crippen molar-refractivity contribution in [3.05, 3.63) is 22.8 Å². The summed E-state index contributed by atoms with van der Waals surface area (Å²) in [6.07, 6.45) is 0.764. The van der Waals surface area contributed by atoms with Gasteiger partial charge in [-0.3, -0.25) is 0 Å². The number of hydrogen-bond donors (Lipinski definition) is 1. The quantitative estimate of drug-likeness (QED) is 0.738. The van der Waals surface area contributed by atoms with Crippen LogP contribution in [0, 0.1) is 13.8 Å². The van der Waals surface area contributed by atoms with Crippen molar-refractivity contribution in [2.24, 2.45) is 5.73 Å². The molecule has 84 valence electrons. The molecule has 0 saturated carbocycles. The zero-order valence-corrected chi connectivity index (χ0v) is 9.71. The third-order valence-electron chi connectivity index (χ3n) is 2.35. The minimum atomic E-state index is 0.503. The van der Waals surface area contributed by atoms with Gasteiger partial charge in [0.15, 0.2) is 0 Å². The molecule has 1 heterocycles. The van der Waals surface area contributed by atoms with E-state index < -0.39 is 0 Å². The van der Waals surface area contributed by atoms with Gasteiger partial charge >= 0.3 is 0 Å². The fourth-order valence-corrected chi connectivity index (χ4v) is 1.52. The first-order valence-corrected chi connectivity index (χ1v) is 5.29. The molecule has 0 bridgehead atoms. The van der Waals surface area contributed by atoms with Crippen LogP contribution in [0.5, 0.6) is 0 Å². The van der Waals surface area contributed by atoms with Crippen LogP contribution in [0.2, 0.25) is 0 Å². The Morgan fingerprint density at radius 3 is 2.27 bits per heavy atom. The molecule has 0 aliphatic heterocycles. The summed E-state index contributed by atoms with van der Waals surface area (Å²) in [5.41, 5.74) is 8.64. The van der Waals surface area contributed by atoms with Crippen LogP contribution in [0.25, 0.3) is 0 Å². The highest BCUT2D eigenvalue weighted by Crippen LogP contribution is 2.09. The number of rotatable bonds is 5. The molecule has 0 atom stereocenters. The lowest BCUT2D eigenvalue weighted by molar-refractivity contribution is 0.149. The molecular formula is C11H19N3O. The molecular weight excluding hydrogens is 190 g/mol. The Labute approximate surface area is 90.9 Å². The Morgan fingerprint density at radius 1 is 1.20 bits per heavy atom. The van der Waals surface area contributed by atoms with Gasteiger partial charge in [0.1, 0.15) is 5.82 Å². The fourth-order valence-electron chi connectivity index (χ4n) is 1.52. The molecule has 0 saturated heterocycles. The summed E-state index contributed by atoms with van der Waals surface area (Å²) in [7, 11) is 0. The van der Waals surface area contributed by atoms with Crippen LogP contribution < -0.4 is 5.73 Å². The van der Waals surface area contributed by atoms with Crippen molar-refractivity contribution in [1.29, 1.82) is 0 Å². The highest BCUT2D eigenvalue weighted by molar-refractivity contribution is 5.23. The predicted molar refractivity (Wildman–Crippen MR) is 59.6 cm³/mol. The minimum Gasteiger partial charge on any atom is -0.381 e. The average Bonchev–Trinajstić information content (AvgIpc) is 2.18. The number of aryl methyl sites for hydroxylation is 2. The number of hydrogen-bond acceptors (Lipinski definition) is 4. The molecule has 1 aromatic rings. The molecule has 0 unspecified atom stereocenters. The smallest absolute Gasteiger partial charge is 0.131 e. The highest BCUT2D eigenvalue weighted by atomic mass is 16.5. The first kappa shape index (κ1) is 12.1. The van der Waals surface area contributed by atoms with Gasteiger partial charge < -0.3 is 10.5 Å². The lowest BCUT2D eigenvalue weighted by Gasteiger charge is -2.08. The molecule has 4 nitrogen and oxygen atoms in total. The molecule has 0 aliphatic rings. The van der Waals surface area contributed by atoms with E-state index in [2.05, 4.69) is 9.97 Å². The van der Waals surface area contributed by atoms with E-state index in [0.717, 1.165) is 35.8 Å².